The molecule has 1 nitrogen and oxygen atoms in total. The Bertz CT molecular complexity index is 379. The third kappa shape index (κ3) is 0.990. The summed E-state index contributed by atoms with van der Waals surface area (Å²) in [4.78, 5) is 0. The fourth-order valence-electron chi connectivity index (χ4n) is 1.05. The first kappa shape index (κ1) is 6.06. The van der Waals surface area contributed by atoms with Crippen molar-refractivity contribution in [1.82, 2.24) is 0 Å². The van der Waals surface area contributed by atoms with E-state index in [1.807, 2.05) is 24.3 Å². The van der Waals surface area contributed by atoms with Crippen molar-refractivity contribution < 1.29 is 5.11 Å². The van der Waals surface area contributed by atoms with E-state index in [2.05, 4.69) is 12.1 Å². The van der Waals surface area contributed by atoms with Crippen LogP contribution in [0.15, 0.2) is 30.3 Å². The molecule has 52 valence electrons. The molecule has 0 saturated carbocycles. The summed E-state index contributed by atoms with van der Waals surface area (Å²) in [6, 6.07) is 14.8. The number of hydrogen-bond donors (Lipinski definition) is 1. The summed E-state index contributed by atoms with van der Waals surface area (Å²) in [5.41, 5.74) is 0. The van der Waals surface area contributed by atoms with Crippen LogP contribution in [0, 0.1) is 12.1 Å². The second-order valence-electron chi connectivity index (χ2n) is 2.37. The molecule has 0 aliphatic carbocycles. The van der Waals surface area contributed by atoms with E-state index in [1.165, 1.54) is 0 Å². The molecule has 1 N–H and O–H groups in total. The number of fused-ring (bicyclic) bond motifs is 1. The lowest BCUT2D eigenvalue weighted by Gasteiger charge is -1.91. The summed E-state index contributed by atoms with van der Waals surface area (Å²) in [5, 5.41) is 11.0. The maximum Gasteiger partial charge on any atom is 0.168 e. The molecule has 1 heteroatoms. The largest absolute Gasteiger partial charge is 0.501 e. The van der Waals surface area contributed by atoms with Gasteiger partial charge in [-0.2, -0.15) is 0 Å². The van der Waals surface area contributed by atoms with E-state index in [9.17, 15) is 0 Å². The molecule has 0 spiro atoms. The first-order valence-electron chi connectivity index (χ1n) is 3.38. The highest BCUT2D eigenvalue weighted by atomic mass is 16.3. The molecule has 0 fully saturated rings. The maximum atomic E-state index is 9.04. The van der Waals surface area contributed by atoms with Gasteiger partial charge in [-0.05, 0) is 23.6 Å². The van der Waals surface area contributed by atoms with Crippen LogP contribution in [0.4, 0.5) is 0 Å². The van der Waals surface area contributed by atoms with Crippen LogP contribution in [0.25, 0.3) is 10.8 Å². The zero-order chi connectivity index (χ0) is 7.68. The van der Waals surface area contributed by atoms with Gasteiger partial charge in [0.15, 0.2) is 5.75 Å². The topological polar surface area (TPSA) is 20.2 Å². The lowest BCUT2D eigenvalue weighted by Crippen LogP contribution is -1.67. The van der Waals surface area contributed by atoms with Crippen molar-refractivity contribution >= 4 is 10.8 Å². The van der Waals surface area contributed by atoms with Gasteiger partial charge in [0.2, 0.25) is 0 Å². The summed E-state index contributed by atoms with van der Waals surface area (Å²) in [7, 11) is 0. The minimum Gasteiger partial charge on any atom is -0.501 e. The number of aromatic hydroxyl groups is 1. The minimum absolute atomic E-state index is 0.142. The van der Waals surface area contributed by atoms with Crippen LogP contribution in [0.2, 0.25) is 0 Å². The zero-order valence-corrected chi connectivity index (χ0v) is 5.83. The first-order valence-corrected chi connectivity index (χ1v) is 3.38. The Kier molecular flexibility index (Phi) is 1.20. The Morgan fingerprint density at radius 2 is 1.91 bits per heavy atom. The van der Waals surface area contributed by atoms with E-state index >= 15 is 0 Å². The van der Waals surface area contributed by atoms with Crippen LogP contribution >= 0.6 is 0 Å². The van der Waals surface area contributed by atoms with E-state index in [0.717, 1.165) is 10.8 Å². The zero-order valence-electron chi connectivity index (χ0n) is 5.83. The first-order chi connectivity index (χ1) is 5.36. The van der Waals surface area contributed by atoms with Crippen molar-refractivity contribution in [2.75, 3.05) is 0 Å². The molecule has 0 heterocycles. The molecule has 11 heavy (non-hydrogen) atoms. The molecule has 0 unspecified atom stereocenters. The van der Waals surface area contributed by atoms with Crippen molar-refractivity contribution in [3.8, 4) is 5.75 Å². The van der Waals surface area contributed by atoms with E-state index in [4.69, 9.17) is 5.11 Å². The Labute approximate surface area is 64.9 Å². The molecule has 0 aliphatic heterocycles. The summed E-state index contributed by atoms with van der Waals surface area (Å²) in [5.74, 6) is 0.142. The van der Waals surface area contributed by atoms with Gasteiger partial charge in [0.25, 0.3) is 0 Å². The average Bonchev–Trinajstić information content (AvgIpc) is 2.04. The van der Waals surface area contributed by atoms with E-state index in [-0.39, 0.29) is 5.75 Å². The Morgan fingerprint density at radius 3 is 2.82 bits per heavy atom. The average molecular weight is 142 g/mol. The number of hydrogen-bond acceptors (Lipinski definition) is 1. The van der Waals surface area contributed by atoms with Gasteiger partial charge in [-0.15, -0.1) is 0 Å². The second kappa shape index (κ2) is 2.17. The van der Waals surface area contributed by atoms with Crippen LogP contribution in [0.5, 0.6) is 5.75 Å². The molecule has 2 rings (SSSR count). The Morgan fingerprint density at radius 1 is 1.09 bits per heavy atom. The van der Waals surface area contributed by atoms with Gasteiger partial charge in [0.1, 0.15) is 0 Å². The predicted octanol–water partition coefficient (Wildman–Crippen LogP) is 2.15. The van der Waals surface area contributed by atoms with Crippen LogP contribution in [-0.2, 0) is 0 Å². The fraction of sp³-hybridized carbons (Fsp3) is 0. The number of rotatable bonds is 0. The molecule has 0 aromatic heterocycles. The summed E-state index contributed by atoms with van der Waals surface area (Å²) in [6.45, 7) is 0. The molecule has 2 aromatic carbocycles. The van der Waals surface area contributed by atoms with Gasteiger partial charge >= 0.3 is 0 Å². The third-order valence-electron chi connectivity index (χ3n) is 1.58. The quantitative estimate of drug-likeness (QED) is 0.597. The normalized spacial score (nSPS) is 9.45. The van der Waals surface area contributed by atoms with Gasteiger partial charge in [-0.3, -0.25) is 0 Å². The molecule has 2 aromatic rings. The van der Waals surface area contributed by atoms with Crippen LogP contribution in [0.3, 0.4) is 0 Å². The summed E-state index contributed by atoms with van der Waals surface area (Å²) in [6.07, 6.45) is 0. The Balaban J connectivity index is 2.83. The van der Waals surface area contributed by atoms with Gasteiger partial charge < -0.3 is 5.11 Å². The van der Waals surface area contributed by atoms with Gasteiger partial charge in [-0.25, -0.2) is 0 Å². The molecule has 0 saturated heterocycles. The minimum atomic E-state index is 0.142. The van der Waals surface area contributed by atoms with Crippen molar-refractivity contribution in [1.29, 1.82) is 0 Å². The van der Waals surface area contributed by atoms with Gasteiger partial charge in [0, 0.05) is 5.39 Å². The maximum absolute atomic E-state index is 9.04. The highest BCUT2D eigenvalue weighted by Crippen LogP contribution is 2.14. The molecular weight excluding hydrogens is 136 g/mol. The van der Waals surface area contributed by atoms with E-state index in [0.29, 0.717) is 0 Å². The monoisotopic (exact) mass is 142 g/mol. The van der Waals surface area contributed by atoms with Gasteiger partial charge in [0.05, 0.1) is 0 Å². The fourth-order valence-corrected chi connectivity index (χ4v) is 1.05. The molecule has 0 bridgehead atoms. The SMILES string of the molecule is Oc1c#cc2ccccc2c1. The van der Waals surface area contributed by atoms with Crippen LogP contribution in [-0.4, -0.2) is 5.11 Å². The lowest BCUT2D eigenvalue weighted by atomic mass is 10.2. The highest BCUT2D eigenvalue weighted by Gasteiger charge is 1.89. The summed E-state index contributed by atoms with van der Waals surface area (Å²) < 4.78 is 0. The van der Waals surface area contributed by atoms with Gasteiger partial charge in [-0.1, -0.05) is 24.3 Å². The van der Waals surface area contributed by atoms with Crippen molar-refractivity contribution in [3.05, 3.63) is 42.5 Å². The molecule has 0 amide bonds. The Hall–Kier alpha value is -1.68. The molecular formula is C10H6O. The molecule has 0 radical (unpaired) electrons. The molecule has 0 aliphatic rings. The number of benzene rings is 1. The second-order valence-corrected chi connectivity index (χ2v) is 2.37. The van der Waals surface area contributed by atoms with Crippen LogP contribution in [0.1, 0.15) is 0 Å². The van der Waals surface area contributed by atoms with Crippen LogP contribution < -0.4 is 0 Å². The molecule has 0 atom stereocenters. The standard InChI is InChI=1S/C10H6O/c11-10-6-5-8-3-1-2-4-9(8)7-10/h1-4,7,11H. The third-order valence-corrected chi connectivity index (χ3v) is 1.58. The highest BCUT2D eigenvalue weighted by molar-refractivity contribution is 5.81. The van der Waals surface area contributed by atoms with E-state index < -0.39 is 0 Å². The lowest BCUT2D eigenvalue weighted by molar-refractivity contribution is 0.476. The van der Waals surface area contributed by atoms with Crippen molar-refractivity contribution in [3.63, 3.8) is 0 Å². The smallest absolute Gasteiger partial charge is 0.168 e. The van der Waals surface area contributed by atoms with Crippen molar-refractivity contribution in [2.45, 2.75) is 0 Å². The predicted molar refractivity (Wildman–Crippen MR) is 43.3 cm³/mol. The van der Waals surface area contributed by atoms with Crippen molar-refractivity contribution in [2.24, 2.45) is 0 Å². The van der Waals surface area contributed by atoms with E-state index in [1.54, 1.807) is 6.07 Å². The summed E-state index contributed by atoms with van der Waals surface area (Å²) >= 11 is 0.